The van der Waals surface area contributed by atoms with E-state index in [1.807, 2.05) is 18.2 Å². The molecule has 2 amide bonds. The van der Waals surface area contributed by atoms with Crippen LogP contribution in [0.15, 0.2) is 48.5 Å². The van der Waals surface area contributed by atoms with Crippen LogP contribution in [-0.4, -0.2) is 36.9 Å². The first-order valence-electron chi connectivity index (χ1n) is 8.39. The number of para-hydroxylation sites is 1. The number of benzene rings is 2. The highest BCUT2D eigenvalue weighted by Gasteiger charge is 2.29. The van der Waals surface area contributed by atoms with Crippen molar-refractivity contribution in [1.82, 2.24) is 5.32 Å². The molecule has 6 nitrogen and oxygen atoms in total. The molecule has 1 unspecified atom stereocenters. The van der Waals surface area contributed by atoms with E-state index in [0.29, 0.717) is 17.9 Å². The first-order chi connectivity index (χ1) is 12.9. The van der Waals surface area contributed by atoms with Crippen molar-refractivity contribution in [2.24, 2.45) is 5.73 Å². The van der Waals surface area contributed by atoms with Gasteiger partial charge in [-0.15, -0.1) is 0 Å². The predicted molar refractivity (Wildman–Crippen MR) is 96.0 cm³/mol. The molecule has 2 aromatic rings. The molecule has 0 fully saturated rings. The molecule has 142 valence electrons. The van der Waals surface area contributed by atoms with Gasteiger partial charge in [0.1, 0.15) is 5.75 Å². The van der Waals surface area contributed by atoms with E-state index in [1.165, 1.54) is 12.1 Å². The minimum Gasteiger partial charge on any atom is -0.480 e. The molecule has 1 aliphatic heterocycles. The van der Waals surface area contributed by atoms with Gasteiger partial charge < -0.3 is 21.1 Å². The van der Waals surface area contributed by atoms with Gasteiger partial charge in [0, 0.05) is 17.7 Å². The fraction of sp³-hybridized carbons (Fsp3) is 0.263. The van der Waals surface area contributed by atoms with Gasteiger partial charge in [-0.25, -0.2) is 8.78 Å². The number of alkyl halides is 2. The Bertz CT molecular complexity index is 833. The summed E-state index contributed by atoms with van der Waals surface area (Å²) in [7, 11) is 0. The van der Waals surface area contributed by atoms with Crippen molar-refractivity contribution < 1.29 is 23.1 Å². The third kappa shape index (κ3) is 4.59. The van der Waals surface area contributed by atoms with Crippen LogP contribution in [0.3, 0.4) is 0 Å². The summed E-state index contributed by atoms with van der Waals surface area (Å²) >= 11 is 0. The van der Waals surface area contributed by atoms with Crippen molar-refractivity contribution in [2.45, 2.75) is 18.4 Å². The molecule has 2 aromatic carbocycles. The van der Waals surface area contributed by atoms with Gasteiger partial charge in [-0.2, -0.15) is 0 Å². The van der Waals surface area contributed by atoms with E-state index in [1.54, 1.807) is 18.2 Å². The third-order valence-corrected chi connectivity index (χ3v) is 4.14. The van der Waals surface area contributed by atoms with E-state index in [0.717, 1.165) is 5.56 Å². The molecule has 3 rings (SSSR count). The number of nitrogens with two attached hydrogens (primary N) is 1. The molecule has 4 N–H and O–H groups in total. The fourth-order valence-corrected chi connectivity index (χ4v) is 2.67. The summed E-state index contributed by atoms with van der Waals surface area (Å²) in [6, 6.07) is 13.4. The first kappa shape index (κ1) is 18.8. The zero-order chi connectivity index (χ0) is 19.4. The molecule has 27 heavy (non-hydrogen) atoms. The minimum atomic E-state index is -3.17. The van der Waals surface area contributed by atoms with Gasteiger partial charge in [-0.1, -0.05) is 24.3 Å². The van der Waals surface area contributed by atoms with Gasteiger partial charge in [0.15, 0.2) is 6.10 Å². The van der Waals surface area contributed by atoms with Gasteiger partial charge in [-0.05, 0) is 29.8 Å². The standard InChI is InChI=1S/C19H19F2N3O3/c20-19(21,10-22)11-23-17(25)13-5-3-6-14(8-13)24-18(26)16-9-12-4-1-2-7-15(12)27-16/h1-8,16H,9-11,22H2,(H,23,25)(H,24,26). The smallest absolute Gasteiger partial charge is 0.277 e. The number of rotatable bonds is 6. The van der Waals surface area contributed by atoms with Crippen LogP contribution in [0.25, 0.3) is 0 Å². The normalized spacial score (nSPS) is 15.6. The molecular weight excluding hydrogens is 356 g/mol. The Hall–Kier alpha value is -3.00. The molecule has 0 bridgehead atoms. The van der Waals surface area contributed by atoms with Crippen LogP contribution >= 0.6 is 0 Å². The van der Waals surface area contributed by atoms with Crippen LogP contribution in [0.5, 0.6) is 5.75 Å². The van der Waals surface area contributed by atoms with Gasteiger partial charge in [0.2, 0.25) is 0 Å². The SMILES string of the molecule is NCC(F)(F)CNC(=O)c1cccc(NC(=O)C2Cc3ccccc3O2)c1. The number of hydrogen-bond donors (Lipinski definition) is 3. The topological polar surface area (TPSA) is 93.5 Å². The average Bonchev–Trinajstić information content (AvgIpc) is 3.11. The zero-order valence-electron chi connectivity index (χ0n) is 14.4. The van der Waals surface area contributed by atoms with E-state index in [9.17, 15) is 18.4 Å². The van der Waals surface area contributed by atoms with Gasteiger partial charge in [-0.3, -0.25) is 9.59 Å². The second-order valence-corrected chi connectivity index (χ2v) is 6.23. The van der Waals surface area contributed by atoms with E-state index in [4.69, 9.17) is 10.5 Å². The molecule has 1 aliphatic rings. The largest absolute Gasteiger partial charge is 0.480 e. The summed E-state index contributed by atoms with van der Waals surface area (Å²) in [5, 5.41) is 4.82. The lowest BCUT2D eigenvalue weighted by Gasteiger charge is -2.15. The number of fused-ring (bicyclic) bond motifs is 1. The highest BCUT2D eigenvalue weighted by Crippen LogP contribution is 2.28. The van der Waals surface area contributed by atoms with E-state index < -0.39 is 31.0 Å². The van der Waals surface area contributed by atoms with Crippen molar-refractivity contribution >= 4 is 17.5 Å². The quantitative estimate of drug-likeness (QED) is 0.719. The summed E-state index contributed by atoms with van der Waals surface area (Å²) in [4.78, 5) is 24.4. The van der Waals surface area contributed by atoms with Crippen LogP contribution in [0, 0.1) is 0 Å². The molecule has 0 radical (unpaired) electrons. The van der Waals surface area contributed by atoms with Gasteiger partial charge in [0.05, 0.1) is 13.1 Å². The molecule has 0 aliphatic carbocycles. The molecule has 0 aromatic heterocycles. The van der Waals surface area contributed by atoms with Crippen molar-refractivity contribution in [3.63, 3.8) is 0 Å². The van der Waals surface area contributed by atoms with E-state index in [2.05, 4.69) is 10.6 Å². The van der Waals surface area contributed by atoms with Crippen molar-refractivity contribution in [2.75, 3.05) is 18.4 Å². The van der Waals surface area contributed by atoms with Gasteiger partial charge in [0.25, 0.3) is 17.7 Å². The van der Waals surface area contributed by atoms with Crippen LogP contribution in [0.4, 0.5) is 14.5 Å². The molecule has 0 saturated heterocycles. The molecule has 8 heteroatoms. The Labute approximate surface area is 154 Å². The number of ether oxygens (including phenoxy) is 1. The number of amides is 2. The number of carbonyl (C=O) groups excluding carboxylic acids is 2. The molecule has 0 saturated carbocycles. The maximum atomic E-state index is 13.2. The third-order valence-electron chi connectivity index (χ3n) is 4.14. The second kappa shape index (κ2) is 7.71. The maximum Gasteiger partial charge on any atom is 0.277 e. The Kier molecular flexibility index (Phi) is 5.36. The van der Waals surface area contributed by atoms with Crippen LogP contribution in [0.2, 0.25) is 0 Å². The highest BCUT2D eigenvalue weighted by molar-refractivity contribution is 5.98. The number of anilines is 1. The lowest BCUT2D eigenvalue weighted by Crippen LogP contribution is -2.41. The van der Waals surface area contributed by atoms with Crippen molar-refractivity contribution in [3.8, 4) is 5.75 Å². The number of nitrogens with one attached hydrogen (secondary N) is 2. The molecule has 0 spiro atoms. The molecular formula is C19H19F2N3O3. The predicted octanol–water partition coefficient (Wildman–Crippen LogP) is 1.95. The summed E-state index contributed by atoms with van der Waals surface area (Å²) in [6.45, 7) is -1.71. The van der Waals surface area contributed by atoms with Gasteiger partial charge >= 0.3 is 0 Å². The van der Waals surface area contributed by atoms with Crippen molar-refractivity contribution in [1.29, 1.82) is 0 Å². The summed E-state index contributed by atoms with van der Waals surface area (Å²) in [5.41, 5.74) is 6.41. The van der Waals surface area contributed by atoms with E-state index >= 15 is 0 Å². The Morgan fingerprint density at radius 2 is 1.96 bits per heavy atom. The van der Waals surface area contributed by atoms with Crippen LogP contribution in [-0.2, 0) is 11.2 Å². The number of hydrogen-bond acceptors (Lipinski definition) is 4. The Balaban J connectivity index is 1.61. The van der Waals surface area contributed by atoms with E-state index in [-0.39, 0.29) is 11.5 Å². The second-order valence-electron chi connectivity index (χ2n) is 6.23. The zero-order valence-corrected chi connectivity index (χ0v) is 14.4. The minimum absolute atomic E-state index is 0.149. The monoisotopic (exact) mass is 375 g/mol. The van der Waals surface area contributed by atoms with Crippen molar-refractivity contribution in [3.05, 3.63) is 59.7 Å². The number of carbonyl (C=O) groups is 2. The first-order valence-corrected chi connectivity index (χ1v) is 8.39. The summed E-state index contributed by atoms with van der Waals surface area (Å²) in [6.07, 6.45) is -0.209. The fourth-order valence-electron chi connectivity index (χ4n) is 2.67. The maximum absolute atomic E-state index is 13.2. The lowest BCUT2D eigenvalue weighted by atomic mass is 10.1. The molecule has 1 atom stereocenters. The number of halogens is 2. The average molecular weight is 375 g/mol. The highest BCUT2D eigenvalue weighted by atomic mass is 19.3. The summed E-state index contributed by atoms with van der Waals surface area (Å²) < 4.78 is 31.9. The Morgan fingerprint density at radius 3 is 2.70 bits per heavy atom. The Morgan fingerprint density at radius 1 is 1.19 bits per heavy atom. The lowest BCUT2D eigenvalue weighted by molar-refractivity contribution is -0.122. The van der Waals surface area contributed by atoms with Crippen LogP contribution < -0.4 is 21.1 Å². The van der Waals surface area contributed by atoms with Crippen LogP contribution in [0.1, 0.15) is 15.9 Å². The summed E-state index contributed by atoms with van der Waals surface area (Å²) in [5.74, 6) is -3.52. The molecule has 1 heterocycles.